The second-order valence-corrected chi connectivity index (χ2v) is 14.9. The molecule has 0 heterocycles. The van der Waals surface area contributed by atoms with Gasteiger partial charge in [-0.2, -0.15) is 0 Å². The summed E-state index contributed by atoms with van der Waals surface area (Å²) in [5, 5.41) is -0.635. The minimum atomic E-state index is -2.86. The number of hydrogen-bond donors (Lipinski definition) is 0. The SMILES string of the molecule is CO[Si](OC)(OC)C(C)(C)O[Si](C)(C)O[SiH](C)C. The maximum absolute atomic E-state index is 6.21. The van der Waals surface area contributed by atoms with Crippen molar-refractivity contribution in [2.45, 2.75) is 45.3 Å². The lowest BCUT2D eigenvalue weighted by molar-refractivity contribution is 0.0163. The van der Waals surface area contributed by atoms with Crippen molar-refractivity contribution in [3.63, 3.8) is 0 Å². The predicted octanol–water partition coefficient (Wildman–Crippen LogP) is 1.90. The molecule has 0 unspecified atom stereocenters. The van der Waals surface area contributed by atoms with E-state index < -0.39 is 31.6 Å². The van der Waals surface area contributed by atoms with Crippen LogP contribution in [0.25, 0.3) is 0 Å². The molecular weight excluding hydrogens is 284 g/mol. The Morgan fingerprint density at radius 3 is 1.56 bits per heavy atom. The third-order valence-corrected chi connectivity index (χ3v) is 11.1. The monoisotopic (exact) mass is 312 g/mol. The summed E-state index contributed by atoms with van der Waals surface area (Å²) < 4.78 is 28.7. The molecule has 18 heavy (non-hydrogen) atoms. The third-order valence-electron chi connectivity index (χ3n) is 2.56. The van der Waals surface area contributed by atoms with Crippen molar-refractivity contribution in [2.24, 2.45) is 0 Å². The topological polar surface area (TPSA) is 46.2 Å². The van der Waals surface area contributed by atoms with E-state index in [9.17, 15) is 0 Å². The van der Waals surface area contributed by atoms with Gasteiger partial charge in [-0.05, 0) is 40.0 Å². The van der Waals surface area contributed by atoms with Crippen LogP contribution >= 0.6 is 0 Å². The highest BCUT2D eigenvalue weighted by Gasteiger charge is 2.57. The van der Waals surface area contributed by atoms with Crippen molar-refractivity contribution in [3.05, 3.63) is 0 Å². The maximum atomic E-state index is 6.21. The lowest BCUT2D eigenvalue weighted by atomic mass is 10.5. The summed E-state index contributed by atoms with van der Waals surface area (Å²) in [7, 11) is -1.42. The van der Waals surface area contributed by atoms with Crippen LogP contribution in [0.5, 0.6) is 0 Å². The average Bonchev–Trinajstić information content (AvgIpc) is 2.16. The molecule has 0 spiro atoms. The smallest absolute Gasteiger partial charge is 0.439 e. The largest absolute Gasteiger partial charge is 0.532 e. The molecule has 0 fully saturated rings. The van der Waals surface area contributed by atoms with Gasteiger partial charge in [0.2, 0.25) is 0 Å². The first-order valence-corrected chi connectivity index (χ1v) is 13.4. The Hall–Kier alpha value is 0.451. The van der Waals surface area contributed by atoms with Gasteiger partial charge < -0.3 is 21.8 Å². The van der Waals surface area contributed by atoms with E-state index in [0.29, 0.717) is 0 Å². The second-order valence-electron chi connectivity index (χ2n) is 5.35. The average molecular weight is 313 g/mol. The normalized spacial score (nSPS) is 14.3. The highest BCUT2D eigenvalue weighted by molar-refractivity contribution is 6.74. The standard InChI is InChI=1S/C10H28O5Si3/c1-10(2,18(11-3,12-4)13-5)14-17(8,9)15-16(6)7/h16H,1-9H3. The Kier molecular flexibility index (Phi) is 6.92. The zero-order valence-electron chi connectivity index (χ0n) is 13.1. The van der Waals surface area contributed by atoms with E-state index in [1.165, 1.54) is 0 Å². The molecule has 0 aliphatic heterocycles. The molecule has 0 aliphatic rings. The van der Waals surface area contributed by atoms with Crippen molar-refractivity contribution in [3.8, 4) is 0 Å². The quantitative estimate of drug-likeness (QED) is 0.641. The molecule has 0 aromatic rings. The van der Waals surface area contributed by atoms with Gasteiger partial charge >= 0.3 is 17.4 Å². The molecule has 0 aliphatic carbocycles. The summed E-state index contributed by atoms with van der Waals surface area (Å²) in [5.74, 6) is 0. The Morgan fingerprint density at radius 2 is 1.28 bits per heavy atom. The Balaban J connectivity index is 5.02. The van der Waals surface area contributed by atoms with Crippen LogP contribution in [-0.4, -0.2) is 53.0 Å². The fourth-order valence-electron chi connectivity index (χ4n) is 2.26. The molecule has 0 aromatic carbocycles. The van der Waals surface area contributed by atoms with Crippen LogP contribution in [0.1, 0.15) is 13.8 Å². The lowest BCUT2D eigenvalue weighted by Gasteiger charge is -2.42. The van der Waals surface area contributed by atoms with Crippen LogP contribution < -0.4 is 0 Å². The number of rotatable bonds is 8. The Labute approximate surface area is 115 Å². The summed E-state index contributed by atoms with van der Waals surface area (Å²) in [6.45, 7) is 12.2. The molecule has 0 bridgehead atoms. The van der Waals surface area contributed by atoms with E-state index in [1.807, 2.05) is 26.9 Å². The molecule has 0 atom stereocenters. The van der Waals surface area contributed by atoms with E-state index in [-0.39, 0.29) is 0 Å². The highest BCUT2D eigenvalue weighted by Crippen LogP contribution is 2.30. The molecule has 8 heteroatoms. The maximum Gasteiger partial charge on any atom is 0.532 e. The fourth-order valence-corrected chi connectivity index (χ4v) is 11.4. The first kappa shape index (κ1) is 18.5. The lowest BCUT2D eigenvalue weighted by Crippen LogP contribution is -2.65. The molecule has 0 aromatic heterocycles. The second kappa shape index (κ2) is 6.75. The van der Waals surface area contributed by atoms with Crippen LogP contribution in [0.3, 0.4) is 0 Å². The highest BCUT2D eigenvalue weighted by atomic mass is 28.4. The van der Waals surface area contributed by atoms with Gasteiger partial charge in [-0.25, -0.2) is 0 Å². The van der Waals surface area contributed by atoms with Gasteiger partial charge in [0.15, 0.2) is 9.04 Å². The predicted molar refractivity (Wildman–Crippen MR) is 79.4 cm³/mol. The van der Waals surface area contributed by atoms with Crippen LogP contribution in [0.2, 0.25) is 26.2 Å². The van der Waals surface area contributed by atoms with E-state index >= 15 is 0 Å². The minimum absolute atomic E-state index is 0.635. The molecular formula is C10H28O5Si3. The molecule has 0 saturated heterocycles. The van der Waals surface area contributed by atoms with Crippen molar-refractivity contribution in [1.82, 2.24) is 0 Å². The van der Waals surface area contributed by atoms with Gasteiger partial charge in [0.1, 0.15) is 5.22 Å². The van der Waals surface area contributed by atoms with Gasteiger partial charge in [-0.15, -0.1) is 0 Å². The Morgan fingerprint density at radius 1 is 0.889 bits per heavy atom. The van der Waals surface area contributed by atoms with Crippen molar-refractivity contribution in [1.29, 1.82) is 0 Å². The van der Waals surface area contributed by atoms with Crippen LogP contribution in [0.4, 0.5) is 0 Å². The molecule has 110 valence electrons. The van der Waals surface area contributed by atoms with E-state index in [4.69, 9.17) is 21.8 Å². The van der Waals surface area contributed by atoms with Crippen LogP contribution in [-0.2, 0) is 21.8 Å². The first-order valence-electron chi connectivity index (χ1n) is 6.09. The van der Waals surface area contributed by atoms with Gasteiger partial charge in [0.05, 0.1) is 0 Å². The molecule has 0 radical (unpaired) electrons. The summed E-state index contributed by atoms with van der Waals surface area (Å²) in [5.41, 5.74) is 0. The summed E-state index contributed by atoms with van der Waals surface area (Å²) >= 11 is 0. The molecule has 0 rings (SSSR count). The van der Waals surface area contributed by atoms with Crippen molar-refractivity contribution >= 4 is 26.4 Å². The van der Waals surface area contributed by atoms with E-state index in [2.05, 4.69) is 13.1 Å². The zero-order chi connectivity index (χ0) is 14.6. The summed E-state index contributed by atoms with van der Waals surface area (Å²) in [6, 6.07) is 0. The van der Waals surface area contributed by atoms with Crippen molar-refractivity contribution in [2.75, 3.05) is 21.3 Å². The van der Waals surface area contributed by atoms with E-state index in [0.717, 1.165) is 0 Å². The van der Waals surface area contributed by atoms with E-state index in [1.54, 1.807) is 21.3 Å². The third kappa shape index (κ3) is 4.53. The summed E-state index contributed by atoms with van der Waals surface area (Å²) in [6.07, 6.45) is 0. The fraction of sp³-hybridized carbons (Fsp3) is 1.00. The first-order chi connectivity index (χ1) is 8.06. The van der Waals surface area contributed by atoms with Crippen LogP contribution in [0.15, 0.2) is 0 Å². The number of hydrogen-bond acceptors (Lipinski definition) is 5. The van der Waals surface area contributed by atoms with Gasteiger partial charge in [0.25, 0.3) is 0 Å². The molecule has 0 N–H and O–H groups in total. The molecule has 5 nitrogen and oxygen atoms in total. The van der Waals surface area contributed by atoms with Gasteiger partial charge in [-0.1, -0.05) is 0 Å². The van der Waals surface area contributed by atoms with Gasteiger partial charge in [0, 0.05) is 21.3 Å². The molecule has 0 amide bonds. The Bertz CT molecular complexity index is 246. The van der Waals surface area contributed by atoms with Crippen molar-refractivity contribution < 1.29 is 21.8 Å². The zero-order valence-corrected chi connectivity index (χ0v) is 16.3. The minimum Gasteiger partial charge on any atom is -0.439 e. The molecule has 0 saturated carbocycles. The summed E-state index contributed by atoms with van der Waals surface area (Å²) in [4.78, 5) is 0. The van der Waals surface area contributed by atoms with Crippen LogP contribution in [0, 0.1) is 0 Å². The van der Waals surface area contributed by atoms with Gasteiger partial charge in [-0.3, -0.25) is 0 Å².